The number of rotatable bonds is 3. The number of carbonyl (C=O) groups is 1. The molecule has 0 aliphatic carbocycles. The summed E-state index contributed by atoms with van der Waals surface area (Å²) in [5.41, 5.74) is 2.54. The van der Waals surface area contributed by atoms with Crippen molar-refractivity contribution in [3.8, 4) is 0 Å². The highest BCUT2D eigenvalue weighted by atomic mass is 35.5. The first kappa shape index (κ1) is 17.5. The number of aromatic nitrogens is 4. The van der Waals surface area contributed by atoms with E-state index in [2.05, 4.69) is 25.7 Å². The summed E-state index contributed by atoms with van der Waals surface area (Å²) in [7, 11) is 0. The number of hydrogen-bond acceptors (Lipinski definition) is 5. The van der Waals surface area contributed by atoms with Crippen LogP contribution in [-0.2, 0) is 4.79 Å². The Morgan fingerprint density at radius 3 is 2.85 bits per heavy atom. The molecule has 2 N–H and O–H groups in total. The zero-order valence-corrected chi connectivity index (χ0v) is 15.7. The van der Waals surface area contributed by atoms with Gasteiger partial charge in [0.2, 0.25) is 5.95 Å². The predicted molar refractivity (Wildman–Crippen MR) is 104 cm³/mol. The molecule has 2 aromatic heterocycles. The van der Waals surface area contributed by atoms with Crippen molar-refractivity contribution in [2.24, 2.45) is 0 Å². The maximum absolute atomic E-state index is 13.1. The van der Waals surface area contributed by atoms with Crippen molar-refractivity contribution in [1.82, 2.24) is 19.7 Å². The van der Waals surface area contributed by atoms with Crippen LogP contribution in [0.4, 0.5) is 11.6 Å². The van der Waals surface area contributed by atoms with E-state index >= 15 is 0 Å². The summed E-state index contributed by atoms with van der Waals surface area (Å²) < 4.78 is 1.64. The van der Waals surface area contributed by atoms with Gasteiger partial charge in [-0.25, -0.2) is 4.68 Å². The molecule has 1 aliphatic rings. The zero-order chi connectivity index (χ0) is 19.0. The van der Waals surface area contributed by atoms with E-state index in [-0.39, 0.29) is 5.91 Å². The molecule has 7 nitrogen and oxygen atoms in total. The van der Waals surface area contributed by atoms with Crippen molar-refractivity contribution in [2.45, 2.75) is 13.0 Å². The number of allylic oxidation sites excluding steroid dienone is 1. The van der Waals surface area contributed by atoms with Crippen molar-refractivity contribution in [3.63, 3.8) is 0 Å². The van der Waals surface area contributed by atoms with Crippen molar-refractivity contribution in [2.75, 3.05) is 10.6 Å². The van der Waals surface area contributed by atoms with Gasteiger partial charge in [0.15, 0.2) is 0 Å². The Morgan fingerprint density at radius 2 is 2.11 bits per heavy atom. The molecule has 0 bridgehead atoms. The number of carbonyl (C=O) groups excluding carboxylic acids is 1. The number of anilines is 2. The average molecular weight is 401 g/mol. The number of nitrogens with one attached hydrogen (secondary N) is 2. The maximum Gasteiger partial charge on any atom is 0.255 e. The number of hydrogen-bond donors (Lipinski definition) is 2. The molecule has 0 saturated heterocycles. The maximum atomic E-state index is 13.1. The minimum absolute atomic E-state index is 0.273. The quantitative estimate of drug-likeness (QED) is 0.695. The topological polar surface area (TPSA) is 84.7 Å². The van der Waals surface area contributed by atoms with Gasteiger partial charge in [-0.1, -0.05) is 29.3 Å². The third kappa shape index (κ3) is 3.27. The SMILES string of the molecule is CC1=C(C(=O)Nc2cccnc2)[C@H](c2ccc(Cl)c(Cl)c2)n2ncnc2N1. The lowest BCUT2D eigenvalue weighted by Crippen LogP contribution is -2.31. The largest absolute Gasteiger partial charge is 0.328 e. The van der Waals surface area contributed by atoms with Crippen LogP contribution in [0, 0.1) is 0 Å². The van der Waals surface area contributed by atoms with E-state index in [0.29, 0.717) is 33.0 Å². The molecule has 0 fully saturated rings. The number of benzene rings is 1. The van der Waals surface area contributed by atoms with Crippen LogP contribution in [0.25, 0.3) is 0 Å². The van der Waals surface area contributed by atoms with Crippen LogP contribution in [0.5, 0.6) is 0 Å². The Balaban J connectivity index is 1.79. The lowest BCUT2D eigenvalue weighted by atomic mass is 9.95. The molecule has 1 atom stereocenters. The summed E-state index contributed by atoms with van der Waals surface area (Å²) in [6.07, 6.45) is 4.66. The Bertz CT molecular complexity index is 1050. The van der Waals surface area contributed by atoms with Crippen LogP contribution in [0.15, 0.2) is 60.3 Å². The molecule has 0 saturated carbocycles. The monoisotopic (exact) mass is 400 g/mol. The Morgan fingerprint density at radius 1 is 1.26 bits per heavy atom. The first-order valence-electron chi connectivity index (χ1n) is 8.08. The molecule has 9 heteroatoms. The molecule has 136 valence electrons. The summed E-state index contributed by atoms with van der Waals surface area (Å²) in [5.74, 6) is 0.270. The number of amides is 1. The normalized spacial score (nSPS) is 15.9. The number of pyridine rings is 1. The van der Waals surface area contributed by atoms with Gasteiger partial charge >= 0.3 is 0 Å². The summed E-state index contributed by atoms with van der Waals surface area (Å²) in [6.45, 7) is 1.82. The minimum atomic E-state index is -0.504. The van der Waals surface area contributed by atoms with Crippen molar-refractivity contribution in [1.29, 1.82) is 0 Å². The summed E-state index contributed by atoms with van der Waals surface area (Å²) >= 11 is 12.3. The van der Waals surface area contributed by atoms with Gasteiger partial charge in [0, 0.05) is 11.9 Å². The summed E-state index contributed by atoms with van der Waals surface area (Å²) in [5, 5.41) is 11.1. The first-order valence-corrected chi connectivity index (χ1v) is 8.84. The van der Waals surface area contributed by atoms with Crippen molar-refractivity contribution >= 4 is 40.7 Å². The second kappa shape index (κ2) is 7.02. The standard InChI is InChI=1S/C18H14Cl2N6O/c1-10-15(17(27)25-12-3-2-6-21-8-12)16(26-18(24-10)22-9-23-26)11-4-5-13(19)14(20)7-11/h2-9,16H,1H3,(H,25,27)(H,22,23,24)/t16-/m0/s1. The van der Waals surface area contributed by atoms with E-state index < -0.39 is 6.04 Å². The lowest BCUT2D eigenvalue weighted by Gasteiger charge is -2.28. The fourth-order valence-corrected chi connectivity index (χ4v) is 3.32. The lowest BCUT2D eigenvalue weighted by molar-refractivity contribution is -0.113. The van der Waals surface area contributed by atoms with Gasteiger partial charge in [-0.2, -0.15) is 10.1 Å². The van der Waals surface area contributed by atoms with Gasteiger partial charge in [0.05, 0.1) is 27.5 Å². The van der Waals surface area contributed by atoms with E-state index in [9.17, 15) is 4.79 Å². The molecular formula is C18H14Cl2N6O. The summed E-state index contributed by atoms with van der Waals surface area (Å²) in [4.78, 5) is 21.3. The molecule has 27 heavy (non-hydrogen) atoms. The van der Waals surface area contributed by atoms with Gasteiger partial charge < -0.3 is 10.6 Å². The molecule has 4 rings (SSSR count). The Hall–Kier alpha value is -2.90. The molecule has 3 heterocycles. The molecule has 1 aliphatic heterocycles. The minimum Gasteiger partial charge on any atom is -0.328 e. The van der Waals surface area contributed by atoms with Gasteiger partial charge in [-0.15, -0.1) is 0 Å². The smallest absolute Gasteiger partial charge is 0.255 e. The third-order valence-electron chi connectivity index (χ3n) is 4.22. The van der Waals surface area contributed by atoms with Crippen LogP contribution in [0.3, 0.4) is 0 Å². The zero-order valence-electron chi connectivity index (χ0n) is 14.1. The van der Waals surface area contributed by atoms with Gasteiger partial charge in [-0.05, 0) is 36.8 Å². The van der Waals surface area contributed by atoms with E-state index in [0.717, 1.165) is 5.56 Å². The van der Waals surface area contributed by atoms with Gasteiger partial charge in [0.25, 0.3) is 5.91 Å². The van der Waals surface area contributed by atoms with Crippen LogP contribution >= 0.6 is 23.2 Å². The van der Waals surface area contributed by atoms with Gasteiger partial charge in [-0.3, -0.25) is 9.78 Å². The molecule has 0 radical (unpaired) electrons. The highest BCUT2D eigenvalue weighted by molar-refractivity contribution is 6.42. The first-order chi connectivity index (χ1) is 13.0. The Kier molecular flexibility index (Phi) is 4.55. The van der Waals surface area contributed by atoms with E-state index in [1.807, 2.05) is 13.0 Å². The van der Waals surface area contributed by atoms with E-state index in [1.165, 1.54) is 6.33 Å². The second-order valence-corrected chi connectivity index (χ2v) is 6.78. The third-order valence-corrected chi connectivity index (χ3v) is 4.96. The van der Waals surface area contributed by atoms with Crippen molar-refractivity contribution in [3.05, 3.63) is 75.9 Å². The van der Waals surface area contributed by atoms with E-state index in [4.69, 9.17) is 23.2 Å². The number of halogens is 2. The molecule has 0 unspecified atom stereocenters. The molecule has 0 spiro atoms. The highest BCUT2D eigenvalue weighted by Gasteiger charge is 2.33. The molecule has 1 amide bonds. The highest BCUT2D eigenvalue weighted by Crippen LogP contribution is 2.37. The van der Waals surface area contributed by atoms with E-state index in [1.54, 1.807) is 41.3 Å². The Labute approximate surface area is 165 Å². The fraction of sp³-hybridized carbons (Fsp3) is 0.111. The molecular weight excluding hydrogens is 387 g/mol. The predicted octanol–water partition coefficient (Wildman–Crippen LogP) is 3.91. The average Bonchev–Trinajstić information content (AvgIpc) is 3.11. The van der Waals surface area contributed by atoms with Crippen LogP contribution < -0.4 is 10.6 Å². The number of nitrogens with zero attached hydrogens (tertiary/aromatic N) is 4. The number of fused-ring (bicyclic) bond motifs is 1. The van der Waals surface area contributed by atoms with Crippen molar-refractivity contribution < 1.29 is 4.79 Å². The molecule has 1 aromatic carbocycles. The summed E-state index contributed by atoms with van der Waals surface area (Å²) in [6, 6.07) is 8.27. The van der Waals surface area contributed by atoms with Crippen LogP contribution in [0.2, 0.25) is 10.0 Å². The molecule has 3 aromatic rings. The van der Waals surface area contributed by atoms with Crippen LogP contribution in [0.1, 0.15) is 18.5 Å². The van der Waals surface area contributed by atoms with Gasteiger partial charge in [0.1, 0.15) is 12.4 Å². The second-order valence-electron chi connectivity index (χ2n) is 5.96. The fourth-order valence-electron chi connectivity index (χ4n) is 3.01. The van der Waals surface area contributed by atoms with Crippen LogP contribution in [-0.4, -0.2) is 25.7 Å².